The van der Waals surface area contributed by atoms with Gasteiger partial charge in [-0.3, -0.25) is 9.59 Å². The Labute approximate surface area is 199 Å². The van der Waals surface area contributed by atoms with E-state index in [1.807, 2.05) is 55.1 Å². The lowest BCUT2D eigenvalue weighted by Gasteiger charge is -2.37. The quantitative estimate of drug-likeness (QED) is 0.379. The zero-order valence-electron chi connectivity index (χ0n) is 20.0. The fraction of sp³-hybridized carbons (Fsp3) is 0.269. The number of allylic oxidation sites excluding steroid dienone is 1. The van der Waals surface area contributed by atoms with Crippen molar-refractivity contribution in [3.8, 4) is 17.0 Å². The molecule has 8 heteroatoms. The monoisotopic (exact) mass is 461 g/mol. The first-order valence-electron chi connectivity index (χ1n) is 11.0. The lowest BCUT2D eigenvalue weighted by molar-refractivity contribution is -0.104. The number of rotatable bonds is 6. The van der Waals surface area contributed by atoms with E-state index in [2.05, 4.69) is 30.2 Å². The molecule has 0 saturated carbocycles. The van der Waals surface area contributed by atoms with Crippen LogP contribution in [0.4, 0.5) is 11.5 Å². The van der Waals surface area contributed by atoms with Crippen LogP contribution in [-0.4, -0.2) is 42.7 Å². The lowest BCUT2D eigenvalue weighted by Crippen LogP contribution is -2.40. The number of methoxy groups -OCH3 is 1. The number of primary amides is 1. The number of aldehydes is 1. The molecule has 0 radical (unpaired) electrons. The van der Waals surface area contributed by atoms with Crippen molar-refractivity contribution in [2.24, 2.45) is 5.73 Å². The lowest BCUT2D eigenvalue weighted by atomic mass is 9.86. The molecule has 0 spiro atoms. The number of hydrogen-bond donors (Lipinski definition) is 3. The van der Waals surface area contributed by atoms with Crippen molar-refractivity contribution in [2.75, 3.05) is 31.3 Å². The van der Waals surface area contributed by atoms with E-state index < -0.39 is 11.4 Å². The van der Waals surface area contributed by atoms with Gasteiger partial charge < -0.3 is 21.1 Å². The molecule has 0 fully saturated rings. The van der Waals surface area contributed by atoms with E-state index in [-0.39, 0.29) is 0 Å². The van der Waals surface area contributed by atoms with E-state index in [1.165, 1.54) is 6.08 Å². The first kappa shape index (κ1) is 24.6. The Morgan fingerprint density at radius 2 is 2.03 bits per heavy atom. The van der Waals surface area contributed by atoms with E-state index in [4.69, 9.17) is 20.4 Å². The predicted octanol–water partition coefficient (Wildman–Crippen LogP) is 3.96. The maximum atomic E-state index is 12.5. The number of benzene rings is 2. The SMILES string of the molecule is C=CC=O.CNc1ccccc1C1(C)CCNc2c(C(N)=O)c(-c3ccc(C)c(OC)c3)nn21. The van der Waals surface area contributed by atoms with Crippen LogP contribution in [0.2, 0.25) is 0 Å². The van der Waals surface area contributed by atoms with Gasteiger partial charge in [0.2, 0.25) is 0 Å². The predicted molar refractivity (Wildman–Crippen MR) is 136 cm³/mol. The van der Waals surface area contributed by atoms with Crippen LogP contribution < -0.4 is 21.1 Å². The Hall–Kier alpha value is -4.07. The number of aromatic nitrogens is 2. The van der Waals surface area contributed by atoms with Gasteiger partial charge >= 0.3 is 0 Å². The van der Waals surface area contributed by atoms with Crippen LogP contribution in [0, 0.1) is 6.92 Å². The van der Waals surface area contributed by atoms with Gasteiger partial charge in [-0.05, 0) is 44.0 Å². The average Bonchev–Trinajstić information content (AvgIpc) is 3.26. The number of anilines is 2. The highest BCUT2D eigenvalue weighted by molar-refractivity contribution is 6.04. The van der Waals surface area contributed by atoms with E-state index in [1.54, 1.807) is 7.11 Å². The molecular weight excluding hydrogens is 430 g/mol. The Morgan fingerprint density at radius 3 is 2.65 bits per heavy atom. The molecule has 0 aliphatic carbocycles. The van der Waals surface area contributed by atoms with Gasteiger partial charge in [0.15, 0.2) is 0 Å². The van der Waals surface area contributed by atoms with Crippen molar-refractivity contribution in [2.45, 2.75) is 25.8 Å². The molecule has 8 nitrogen and oxygen atoms in total. The number of nitrogens with zero attached hydrogens (tertiary/aromatic N) is 2. The summed E-state index contributed by atoms with van der Waals surface area (Å²) in [4.78, 5) is 21.6. The third kappa shape index (κ3) is 4.39. The van der Waals surface area contributed by atoms with Gasteiger partial charge in [0, 0.05) is 30.4 Å². The van der Waals surface area contributed by atoms with Crippen molar-refractivity contribution >= 4 is 23.7 Å². The number of hydrogen-bond acceptors (Lipinski definition) is 6. The molecule has 1 aliphatic rings. The normalized spacial score (nSPS) is 16.2. The third-order valence-corrected chi connectivity index (χ3v) is 6.06. The van der Waals surface area contributed by atoms with Crippen molar-refractivity contribution in [3.05, 3.63) is 71.8 Å². The van der Waals surface area contributed by atoms with Crippen molar-refractivity contribution in [1.82, 2.24) is 9.78 Å². The minimum absolute atomic E-state index is 0.397. The summed E-state index contributed by atoms with van der Waals surface area (Å²) >= 11 is 0. The molecule has 0 bridgehead atoms. The molecule has 178 valence electrons. The van der Waals surface area contributed by atoms with Gasteiger partial charge in [0.05, 0.1) is 12.6 Å². The maximum absolute atomic E-state index is 12.5. The zero-order chi connectivity index (χ0) is 24.9. The highest BCUT2D eigenvalue weighted by Crippen LogP contribution is 2.42. The van der Waals surface area contributed by atoms with Crippen molar-refractivity contribution in [1.29, 1.82) is 0 Å². The largest absolute Gasteiger partial charge is 0.496 e. The van der Waals surface area contributed by atoms with Crippen LogP contribution in [0.1, 0.15) is 34.8 Å². The standard InChI is InChI=1S/C23H27N5O2.C3H4O/c1-14-9-10-15(13-18(14)30-4)20-19(21(24)29)22-26-12-11-23(2,28(22)27-20)16-7-5-6-8-17(16)25-3;1-2-3-4/h5-10,13,25-26H,11-12H2,1-4H3,(H2,24,29);2-3H,1H2. The molecule has 1 aliphatic heterocycles. The van der Waals surface area contributed by atoms with Gasteiger partial charge in [-0.2, -0.15) is 5.10 Å². The summed E-state index contributed by atoms with van der Waals surface area (Å²) in [6.45, 7) is 7.94. The molecule has 0 saturated heterocycles. The molecule has 2 heterocycles. The summed E-state index contributed by atoms with van der Waals surface area (Å²) in [5.74, 6) is 0.881. The summed E-state index contributed by atoms with van der Waals surface area (Å²) in [5.41, 5.74) is 10.3. The van der Waals surface area contributed by atoms with Gasteiger partial charge in [0.25, 0.3) is 5.91 Å². The Balaban J connectivity index is 0.000000751. The topological polar surface area (TPSA) is 111 Å². The summed E-state index contributed by atoms with van der Waals surface area (Å²) in [6.07, 6.45) is 2.65. The van der Waals surface area contributed by atoms with Crippen LogP contribution in [0.3, 0.4) is 0 Å². The van der Waals surface area contributed by atoms with E-state index in [0.717, 1.165) is 34.5 Å². The smallest absolute Gasteiger partial charge is 0.254 e. The fourth-order valence-electron chi connectivity index (χ4n) is 4.29. The van der Waals surface area contributed by atoms with E-state index in [9.17, 15) is 4.79 Å². The van der Waals surface area contributed by atoms with Crippen LogP contribution in [-0.2, 0) is 10.3 Å². The first-order valence-corrected chi connectivity index (χ1v) is 11.0. The van der Waals surface area contributed by atoms with E-state index in [0.29, 0.717) is 29.9 Å². The number of amides is 1. The van der Waals surface area contributed by atoms with Gasteiger partial charge in [-0.1, -0.05) is 36.9 Å². The molecule has 1 atom stereocenters. The van der Waals surface area contributed by atoms with Crippen LogP contribution in [0.5, 0.6) is 5.75 Å². The number of carbonyl (C=O) groups is 2. The Kier molecular flexibility index (Phi) is 7.40. The van der Waals surface area contributed by atoms with Crippen molar-refractivity contribution in [3.63, 3.8) is 0 Å². The molecule has 1 unspecified atom stereocenters. The number of aryl methyl sites for hydroxylation is 1. The maximum Gasteiger partial charge on any atom is 0.254 e. The Bertz CT molecular complexity index is 1210. The third-order valence-electron chi connectivity index (χ3n) is 6.06. The molecule has 4 rings (SSSR count). The molecule has 2 aromatic carbocycles. The number of fused-ring (bicyclic) bond motifs is 1. The molecular formula is C26H31N5O3. The van der Waals surface area contributed by atoms with Gasteiger partial charge in [-0.25, -0.2) is 4.68 Å². The second-order valence-corrected chi connectivity index (χ2v) is 8.15. The molecule has 1 aromatic heterocycles. The molecule has 1 amide bonds. The first-order chi connectivity index (χ1) is 16.3. The molecule has 34 heavy (non-hydrogen) atoms. The number of ether oxygens (including phenoxy) is 1. The molecule has 3 aromatic rings. The summed E-state index contributed by atoms with van der Waals surface area (Å²) < 4.78 is 7.39. The minimum atomic E-state index is -0.510. The van der Waals surface area contributed by atoms with Gasteiger partial charge in [0.1, 0.15) is 29.1 Å². The zero-order valence-corrected chi connectivity index (χ0v) is 20.0. The fourth-order valence-corrected chi connectivity index (χ4v) is 4.29. The second-order valence-electron chi connectivity index (χ2n) is 8.15. The number of nitrogens with two attached hydrogens (primary N) is 1. The summed E-state index contributed by atoms with van der Waals surface area (Å²) in [5, 5.41) is 11.6. The van der Waals surface area contributed by atoms with Crippen LogP contribution in [0.25, 0.3) is 11.3 Å². The second kappa shape index (κ2) is 10.2. The number of carbonyl (C=O) groups excluding carboxylic acids is 2. The summed E-state index contributed by atoms with van der Waals surface area (Å²) in [7, 11) is 3.54. The minimum Gasteiger partial charge on any atom is -0.496 e. The number of para-hydroxylation sites is 1. The number of nitrogens with one attached hydrogen (secondary N) is 2. The highest BCUT2D eigenvalue weighted by Gasteiger charge is 2.39. The van der Waals surface area contributed by atoms with Gasteiger partial charge in [-0.15, -0.1) is 0 Å². The van der Waals surface area contributed by atoms with Crippen molar-refractivity contribution < 1.29 is 14.3 Å². The van der Waals surface area contributed by atoms with Crippen LogP contribution in [0.15, 0.2) is 55.1 Å². The summed E-state index contributed by atoms with van der Waals surface area (Å²) in [6, 6.07) is 14.0. The highest BCUT2D eigenvalue weighted by atomic mass is 16.5. The van der Waals surface area contributed by atoms with Crippen LogP contribution >= 0.6 is 0 Å². The van der Waals surface area contributed by atoms with E-state index >= 15 is 0 Å². The molecule has 4 N–H and O–H groups in total. The average molecular weight is 462 g/mol. The Morgan fingerprint density at radius 1 is 1.32 bits per heavy atom.